The zero-order valence-electron chi connectivity index (χ0n) is 11.6. The third-order valence-corrected chi connectivity index (χ3v) is 4.24. The highest BCUT2D eigenvalue weighted by atomic mass is 16.4. The van der Waals surface area contributed by atoms with Gasteiger partial charge in [-0.2, -0.15) is 0 Å². The van der Waals surface area contributed by atoms with Crippen molar-refractivity contribution in [3.8, 4) is 0 Å². The zero-order valence-corrected chi connectivity index (χ0v) is 11.6. The molecule has 0 aliphatic heterocycles. The van der Waals surface area contributed by atoms with Gasteiger partial charge in [0, 0.05) is 12.6 Å². The van der Waals surface area contributed by atoms with Crippen molar-refractivity contribution in [1.82, 2.24) is 10.2 Å². The Balaban J connectivity index is 2.26. The van der Waals surface area contributed by atoms with Crippen molar-refractivity contribution in [2.75, 3.05) is 20.6 Å². The summed E-state index contributed by atoms with van der Waals surface area (Å²) in [7, 11) is 3.73. The summed E-state index contributed by atoms with van der Waals surface area (Å²) in [5.41, 5.74) is -0.234. The molecule has 0 saturated heterocycles. The first-order valence-corrected chi connectivity index (χ1v) is 6.78. The standard InChI is InChI=1S/C15H22N2O2/c1-16-15(14(18)19,12-7-4-3-5-8-12)11-17(2)13-9-6-10-13/h3-5,7-8,13,16H,6,9-11H2,1-2H3,(H,18,19). The highest BCUT2D eigenvalue weighted by Gasteiger charge is 2.41. The molecule has 1 aromatic carbocycles. The minimum atomic E-state index is -1.04. The number of rotatable bonds is 6. The third kappa shape index (κ3) is 2.65. The van der Waals surface area contributed by atoms with Crippen LogP contribution >= 0.6 is 0 Å². The number of aliphatic carboxylic acids is 1. The number of hydrogen-bond acceptors (Lipinski definition) is 3. The number of benzene rings is 1. The number of nitrogens with one attached hydrogen (secondary N) is 1. The van der Waals surface area contributed by atoms with E-state index in [1.807, 2.05) is 37.4 Å². The Kier molecular flexibility index (Phi) is 4.22. The highest BCUT2D eigenvalue weighted by molar-refractivity contribution is 5.81. The summed E-state index contributed by atoms with van der Waals surface area (Å²) in [6, 6.07) is 9.94. The molecule has 4 heteroatoms. The Morgan fingerprint density at radius 1 is 1.42 bits per heavy atom. The lowest BCUT2D eigenvalue weighted by molar-refractivity contribution is -0.146. The molecule has 0 radical (unpaired) electrons. The van der Waals surface area contributed by atoms with E-state index in [9.17, 15) is 9.90 Å². The van der Waals surface area contributed by atoms with Crippen molar-refractivity contribution < 1.29 is 9.90 Å². The van der Waals surface area contributed by atoms with Gasteiger partial charge in [-0.15, -0.1) is 0 Å². The summed E-state index contributed by atoms with van der Waals surface area (Å²) >= 11 is 0. The monoisotopic (exact) mass is 262 g/mol. The summed E-state index contributed by atoms with van der Waals surface area (Å²) in [5, 5.41) is 12.7. The van der Waals surface area contributed by atoms with Gasteiger partial charge in [0.25, 0.3) is 0 Å². The maximum atomic E-state index is 11.8. The smallest absolute Gasteiger partial charge is 0.329 e. The lowest BCUT2D eigenvalue weighted by Crippen LogP contribution is -2.56. The van der Waals surface area contributed by atoms with Gasteiger partial charge >= 0.3 is 5.97 Å². The number of hydrogen-bond donors (Lipinski definition) is 2. The second-order valence-corrected chi connectivity index (χ2v) is 5.33. The lowest BCUT2D eigenvalue weighted by Gasteiger charge is -2.40. The average molecular weight is 262 g/mol. The van der Waals surface area contributed by atoms with Crippen molar-refractivity contribution in [3.63, 3.8) is 0 Å². The van der Waals surface area contributed by atoms with Crippen LogP contribution in [0.2, 0.25) is 0 Å². The lowest BCUT2D eigenvalue weighted by atomic mass is 9.86. The van der Waals surface area contributed by atoms with Crippen LogP contribution in [0.3, 0.4) is 0 Å². The number of carboxylic acids is 1. The molecule has 0 bridgehead atoms. The van der Waals surface area contributed by atoms with Crippen LogP contribution in [0.1, 0.15) is 24.8 Å². The van der Waals surface area contributed by atoms with E-state index < -0.39 is 11.5 Å². The van der Waals surface area contributed by atoms with Gasteiger partial charge in [-0.25, -0.2) is 4.79 Å². The second-order valence-electron chi connectivity index (χ2n) is 5.33. The maximum Gasteiger partial charge on any atom is 0.329 e. The summed E-state index contributed by atoms with van der Waals surface area (Å²) in [5.74, 6) is -0.827. The van der Waals surface area contributed by atoms with Crippen molar-refractivity contribution in [3.05, 3.63) is 35.9 Å². The number of likely N-dealkylation sites (N-methyl/N-ethyl adjacent to an activating group) is 2. The molecule has 2 N–H and O–H groups in total. The Hall–Kier alpha value is -1.39. The van der Waals surface area contributed by atoms with Crippen molar-refractivity contribution in [1.29, 1.82) is 0 Å². The molecular formula is C15H22N2O2. The van der Waals surface area contributed by atoms with E-state index in [-0.39, 0.29) is 0 Å². The molecule has 0 spiro atoms. The van der Waals surface area contributed by atoms with Crippen molar-refractivity contribution in [2.45, 2.75) is 30.8 Å². The maximum absolute atomic E-state index is 11.8. The zero-order chi connectivity index (χ0) is 13.9. The van der Waals surface area contributed by atoms with Gasteiger partial charge in [-0.1, -0.05) is 36.8 Å². The number of carboxylic acid groups (broad SMARTS) is 1. The first-order chi connectivity index (χ1) is 9.10. The topological polar surface area (TPSA) is 52.6 Å². The summed E-state index contributed by atoms with van der Waals surface area (Å²) in [4.78, 5) is 14.0. The van der Waals surface area contributed by atoms with E-state index in [0.717, 1.165) is 5.56 Å². The molecule has 19 heavy (non-hydrogen) atoms. The molecule has 1 saturated carbocycles. The van der Waals surface area contributed by atoms with E-state index >= 15 is 0 Å². The third-order valence-electron chi connectivity index (χ3n) is 4.24. The molecule has 0 heterocycles. The predicted molar refractivity (Wildman–Crippen MR) is 75.1 cm³/mol. The van der Waals surface area contributed by atoms with Crippen LogP contribution in [0, 0.1) is 0 Å². The van der Waals surface area contributed by atoms with Gasteiger partial charge in [0.05, 0.1) is 0 Å². The molecule has 104 valence electrons. The van der Waals surface area contributed by atoms with Gasteiger partial charge < -0.3 is 15.3 Å². The first-order valence-electron chi connectivity index (χ1n) is 6.78. The van der Waals surface area contributed by atoms with Crippen LogP contribution in [0.4, 0.5) is 0 Å². The SMILES string of the molecule is CNC(CN(C)C1CCC1)(C(=O)O)c1ccccc1. The van der Waals surface area contributed by atoms with Crippen LogP contribution < -0.4 is 5.32 Å². The van der Waals surface area contributed by atoms with Gasteiger partial charge in [0.15, 0.2) is 5.54 Å². The van der Waals surface area contributed by atoms with Gasteiger partial charge in [-0.3, -0.25) is 0 Å². The Morgan fingerprint density at radius 2 is 2.05 bits per heavy atom. The van der Waals surface area contributed by atoms with E-state index in [0.29, 0.717) is 12.6 Å². The quantitative estimate of drug-likeness (QED) is 0.819. The Morgan fingerprint density at radius 3 is 2.47 bits per heavy atom. The normalized spacial score (nSPS) is 18.9. The summed E-state index contributed by atoms with van der Waals surface area (Å²) in [6.45, 7) is 0.480. The van der Waals surface area contributed by atoms with Crippen LogP contribution in [0.25, 0.3) is 0 Å². The molecule has 1 aliphatic rings. The first kappa shape index (κ1) is 14.0. The average Bonchev–Trinajstić information content (AvgIpc) is 2.34. The predicted octanol–water partition coefficient (Wildman–Crippen LogP) is 1.67. The molecule has 4 nitrogen and oxygen atoms in total. The number of carbonyl (C=O) groups is 1. The van der Waals surface area contributed by atoms with Crippen LogP contribution in [-0.4, -0.2) is 42.7 Å². The fourth-order valence-corrected chi connectivity index (χ4v) is 2.67. The van der Waals surface area contributed by atoms with Gasteiger partial charge in [-0.05, 0) is 32.5 Å². The summed E-state index contributed by atoms with van der Waals surface area (Å²) < 4.78 is 0. The van der Waals surface area contributed by atoms with Crippen LogP contribution in [0.15, 0.2) is 30.3 Å². The van der Waals surface area contributed by atoms with Crippen molar-refractivity contribution in [2.24, 2.45) is 0 Å². The van der Waals surface area contributed by atoms with E-state index in [1.165, 1.54) is 19.3 Å². The molecule has 1 aliphatic carbocycles. The minimum absolute atomic E-state index is 0.480. The molecule has 2 rings (SSSR count). The van der Waals surface area contributed by atoms with Crippen LogP contribution in [-0.2, 0) is 10.3 Å². The highest BCUT2D eigenvalue weighted by Crippen LogP contribution is 2.28. The number of nitrogens with zero attached hydrogens (tertiary/aromatic N) is 1. The summed E-state index contributed by atoms with van der Waals surface area (Å²) in [6.07, 6.45) is 3.59. The van der Waals surface area contributed by atoms with Gasteiger partial charge in [0.2, 0.25) is 0 Å². The van der Waals surface area contributed by atoms with E-state index in [2.05, 4.69) is 10.2 Å². The Labute approximate surface area is 114 Å². The van der Waals surface area contributed by atoms with E-state index in [1.54, 1.807) is 7.05 Å². The largest absolute Gasteiger partial charge is 0.480 e. The van der Waals surface area contributed by atoms with E-state index in [4.69, 9.17) is 0 Å². The minimum Gasteiger partial charge on any atom is -0.480 e. The molecule has 1 unspecified atom stereocenters. The molecule has 0 aromatic heterocycles. The molecular weight excluding hydrogens is 240 g/mol. The van der Waals surface area contributed by atoms with Crippen molar-refractivity contribution >= 4 is 5.97 Å². The Bertz CT molecular complexity index is 431. The van der Waals surface area contributed by atoms with Crippen LogP contribution in [0.5, 0.6) is 0 Å². The van der Waals surface area contributed by atoms with Gasteiger partial charge in [0.1, 0.15) is 0 Å². The fraction of sp³-hybridized carbons (Fsp3) is 0.533. The molecule has 1 fully saturated rings. The second kappa shape index (κ2) is 5.72. The molecule has 1 aromatic rings. The molecule has 1 atom stereocenters. The fourth-order valence-electron chi connectivity index (χ4n) is 2.67. The molecule has 0 amide bonds.